The van der Waals surface area contributed by atoms with E-state index in [1.54, 1.807) is 11.1 Å². The van der Waals surface area contributed by atoms with Crippen molar-refractivity contribution >= 4 is 0 Å². The fraction of sp³-hybridized carbons (Fsp3) is 0.818. The van der Waals surface area contributed by atoms with Crippen LogP contribution in [0, 0.1) is 23.7 Å². The highest BCUT2D eigenvalue weighted by atomic mass is 14.3. The van der Waals surface area contributed by atoms with Gasteiger partial charge in [0.25, 0.3) is 0 Å². The highest BCUT2D eigenvalue weighted by molar-refractivity contribution is 5.22. The van der Waals surface area contributed by atoms with E-state index in [9.17, 15) is 0 Å². The summed E-state index contributed by atoms with van der Waals surface area (Å²) in [6, 6.07) is 0. The van der Waals surface area contributed by atoms with Crippen molar-refractivity contribution in [1.82, 2.24) is 0 Å². The molecule has 0 aliphatic heterocycles. The summed E-state index contributed by atoms with van der Waals surface area (Å²) in [6.07, 6.45) is 19.0. The summed E-state index contributed by atoms with van der Waals surface area (Å²) in [5.74, 6) is 3.46. The maximum Gasteiger partial charge on any atom is -0.00215 e. The third-order valence-electron chi connectivity index (χ3n) is 6.33. The van der Waals surface area contributed by atoms with Gasteiger partial charge >= 0.3 is 0 Å². The van der Waals surface area contributed by atoms with E-state index in [2.05, 4.69) is 39.8 Å². The van der Waals surface area contributed by atoms with E-state index in [-0.39, 0.29) is 0 Å². The molecular formula is C22H38. The van der Waals surface area contributed by atoms with Gasteiger partial charge in [-0.2, -0.15) is 0 Å². The molecule has 0 bridgehead atoms. The van der Waals surface area contributed by atoms with Gasteiger partial charge in [-0.25, -0.2) is 0 Å². The van der Waals surface area contributed by atoms with Gasteiger partial charge in [0, 0.05) is 0 Å². The van der Waals surface area contributed by atoms with Gasteiger partial charge in [0.2, 0.25) is 0 Å². The van der Waals surface area contributed by atoms with Crippen LogP contribution in [0.2, 0.25) is 0 Å². The van der Waals surface area contributed by atoms with Crippen molar-refractivity contribution in [2.45, 2.75) is 91.9 Å². The zero-order chi connectivity index (χ0) is 15.9. The largest absolute Gasteiger partial charge is 0.0845 e. The first-order valence-corrected chi connectivity index (χ1v) is 9.98. The molecule has 2 rings (SSSR count). The third kappa shape index (κ3) is 5.28. The summed E-state index contributed by atoms with van der Waals surface area (Å²) in [7, 11) is 0. The Kier molecular flexibility index (Phi) is 7.25. The number of rotatable bonds is 3. The molecule has 4 unspecified atom stereocenters. The Morgan fingerprint density at radius 1 is 0.909 bits per heavy atom. The summed E-state index contributed by atoms with van der Waals surface area (Å²) in [5, 5.41) is 0. The molecule has 0 fully saturated rings. The minimum absolute atomic E-state index is 0.708. The molecule has 2 aliphatic rings. The van der Waals surface area contributed by atoms with Crippen molar-refractivity contribution < 1.29 is 0 Å². The van der Waals surface area contributed by atoms with Gasteiger partial charge in [-0.05, 0) is 62.2 Å². The van der Waals surface area contributed by atoms with Gasteiger partial charge in [-0.1, -0.05) is 76.7 Å². The van der Waals surface area contributed by atoms with Crippen LogP contribution in [0.4, 0.5) is 0 Å². The molecule has 0 N–H and O–H groups in total. The topological polar surface area (TPSA) is 0 Å². The second-order valence-corrected chi connectivity index (χ2v) is 8.24. The molecule has 0 amide bonds. The smallest absolute Gasteiger partial charge is 0.00215 e. The van der Waals surface area contributed by atoms with E-state index in [1.165, 1.54) is 64.2 Å². The van der Waals surface area contributed by atoms with Gasteiger partial charge < -0.3 is 0 Å². The summed E-state index contributed by atoms with van der Waals surface area (Å²) in [6.45, 7) is 9.71. The van der Waals surface area contributed by atoms with Crippen LogP contribution in [-0.2, 0) is 0 Å². The van der Waals surface area contributed by atoms with Crippen LogP contribution in [0.3, 0.4) is 0 Å². The fourth-order valence-corrected chi connectivity index (χ4v) is 4.25. The molecule has 0 spiro atoms. The minimum Gasteiger partial charge on any atom is -0.0845 e. The van der Waals surface area contributed by atoms with Gasteiger partial charge in [0.1, 0.15) is 0 Å². The molecule has 0 aromatic carbocycles. The van der Waals surface area contributed by atoms with Crippen LogP contribution >= 0.6 is 0 Å². The predicted molar refractivity (Wildman–Crippen MR) is 99.0 cm³/mol. The van der Waals surface area contributed by atoms with Crippen molar-refractivity contribution in [3.8, 4) is 0 Å². The highest BCUT2D eigenvalue weighted by Gasteiger charge is 2.19. The van der Waals surface area contributed by atoms with Crippen LogP contribution in [0.1, 0.15) is 91.9 Å². The van der Waals surface area contributed by atoms with Crippen LogP contribution < -0.4 is 0 Å². The zero-order valence-electron chi connectivity index (χ0n) is 15.5. The predicted octanol–water partition coefficient (Wildman–Crippen LogP) is 7.31. The number of hydrogen-bond donors (Lipinski definition) is 0. The first-order chi connectivity index (χ1) is 10.6. The molecule has 0 nitrogen and oxygen atoms in total. The average Bonchev–Trinajstić information content (AvgIpc) is 2.53. The SMILES string of the molecule is CCC1CCC/C(C(C)C2=CCC(C)CC2)=C\CC(C)CC1. The molecule has 0 saturated heterocycles. The number of allylic oxidation sites excluding steroid dienone is 4. The lowest BCUT2D eigenvalue weighted by Gasteiger charge is -2.27. The Balaban J connectivity index is 2.03. The van der Waals surface area contributed by atoms with Crippen LogP contribution in [0.15, 0.2) is 23.3 Å². The maximum absolute atomic E-state index is 2.63. The van der Waals surface area contributed by atoms with E-state index in [0.29, 0.717) is 5.92 Å². The molecule has 0 heterocycles. The highest BCUT2D eigenvalue weighted by Crippen LogP contribution is 2.35. The Labute approximate surface area is 139 Å². The third-order valence-corrected chi connectivity index (χ3v) is 6.33. The molecule has 2 aliphatic carbocycles. The van der Waals surface area contributed by atoms with Crippen molar-refractivity contribution in [3.63, 3.8) is 0 Å². The quantitative estimate of drug-likeness (QED) is 0.479. The van der Waals surface area contributed by atoms with E-state index in [0.717, 1.165) is 17.8 Å². The van der Waals surface area contributed by atoms with Crippen LogP contribution in [0.25, 0.3) is 0 Å². The monoisotopic (exact) mass is 302 g/mol. The van der Waals surface area contributed by atoms with Crippen molar-refractivity contribution in [2.75, 3.05) is 0 Å². The van der Waals surface area contributed by atoms with Crippen molar-refractivity contribution in [3.05, 3.63) is 23.3 Å². The Hall–Kier alpha value is -0.520. The van der Waals surface area contributed by atoms with Crippen LogP contribution in [0.5, 0.6) is 0 Å². The maximum atomic E-state index is 2.63. The first kappa shape index (κ1) is 17.8. The second-order valence-electron chi connectivity index (χ2n) is 8.24. The molecule has 0 aromatic heterocycles. The molecular weight excluding hydrogens is 264 g/mol. The van der Waals surface area contributed by atoms with E-state index in [1.807, 2.05) is 0 Å². The van der Waals surface area contributed by atoms with E-state index >= 15 is 0 Å². The molecule has 0 radical (unpaired) electrons. The molecule has 0 heteroatoms. The number of hydrogen-bond acceptors (Lipinski definition) is 0. The summed E-state index contributed by atoms with van der Waals surface area (Å²) >= 11 is 0. The summed E-state index contributed by atoms with van der Waals surface area (Å²) in [4.78, 5) is 0. The Morgan fingerprint density at radius 2 is 1.55 bits per heavy atom. The van der Waals surface area contributed by atoms with E-state index < -0.39 is 0 Å². The normalized spacial score (nSPS) is 35.2. The lowest BCUT2D eigenvalue weighted by Crippen LogP contribution is -2.12. The summed E-state index contributed by atoms with van der Waals surface area (Å²) in [5.41, 5.74) is 3.49. The first-order valence-electron chi connectivity index (χ1n) is 9.98. The Morgan fingerprint density at radius 3 is 2.18 bits per heavy atom. The molecule has 0 aromatic rings. The van der Waals surface area contributed by atoms with Crippen LogP contribution in [-0.4, -0.2) is 0 Å². The lowest BCUT2D eigenvalue weighted by atomic mass is 9.79. The molecule has 0 saturated carbocycles. The molecule has 4 atom stereocenters. The van der Waals surface area contributed by atoms with Gasteiger partial charge in [0.05, 0.1) is 0 Å². The fourth-order valence-electron chi connectivity index (χ4n) is 4.25. The van der Waals surface area contributed by atoms with Gasteiger partial charge in [-0.3, -0.25) is 0 Å². The average molecular weight is 303 g/mol. The molecule has 126 valence electrons. The summed E-state index contributed by atoms with van der Waals surface area (Å²) < 4.78 is 0. The molecule has 22 heavy (non-hydrogen) atoms. The minimum atomic E-state index is 0.708. The van der Waals surface area contributed by atoms with Gasteiger partial charge in [0.15, 0.2) is 0 Å². The van der Waals surface area contributed by atoms with E-state index in [4.69, 9.17) is 0 Å². The standard InChI is InChI=1S/C22H38/c1-5-20-7-6-8-21(14-10-17(2)9-13-20)19(4)22-15-11-18(3)12-16-22/h14-15,17-20H,5-13,16H2,1-4H3/b21-14+. The second kappa shape index (κ2) is 8.94. The lowest BCUT2D eigenvalue weighted by molar-refractivity contribution is 0.366. The Bertz CT molecular complexity index is 387. The van der Waals surface area contributed by atoms with Crippen molar-refractivity contribution in [2.24, 2.45) is 23.7 Å². The zero-order valence-corrected chi connectivity index (χ0v) is 15.5. The van der Waals surface area contributed by atoms with Crippen molar-refractivity contribution in [1.29, 1.82) is 0 Å². The van der Waals surface area contributed by atoms with Gasteiger partial charge in [-0.15, -0.1) is 0 Å².